The molecule has 4 nitrogen and oxygen atoms in total. The lowest BCUT2D eigenvalue weighted by molar-refractivity contribution is 0.00336. The first-order valence-electron chi connectivity index (χ1n) is 7.51. The van der Waals surface area contributed by atoms with Gasteiger partial charge in [0, 0.05) is 19.1 Å². The van der Waals surface area contributed by atoms with Crippen LogP contribution < -0.4 is 5.32 Å². The molecule has 0 saturated carbocycles. The first kappa shape index (κ1) is 14.6. The molecule has 2 rings (SSSR count). The molecule has 0 aromatic carbocycles. The van der Waals surface area contributed by atoms with Crippen molar-refractivity contribution in [2.24, 2.45) is 5.41 Å². The monoisotopic (exact) mass is 268 g/mol. The standard InChI is InChI=1S/C15H28N2O2/c1-12-11-15(5-8-16-12)6-9-17(10-7-15)13(18)19-14(2,3)4/h12,16H,5-11H2,1-4H3. The SMILES string of the molecule is CC1CC2(CCN1)CCN(C(=O)OC(C)(C)C)CC2. The molecule has 2 fully saturated rings. The summed E-state index contributed by atoms with van der Waals surface area (Å²) >= 11 is 0. The van der Waals surface area contributed by atoms with Crippen molar-refractivity contribution in [1.29, 1.82) is 0 Å². The smallest absolute Gasteiger partial charge is 0.410 e. The molecule has 2 heterocycles. The van der Waals surface area contributed by atoms with Crippen LogP contribution in [0.5, 0.6) is 0 Å². The molecule has 1 atom stereocenters. The van der Waals surface area contributed by atoms with Gasteiger partial charge in [-0.15, -0.1) is 0 Å². The molecule has 2 aliphatic rings. The van der Waals surface area contributed by atoms with E-state index < -0.39 is 5.60 Å². The maximum absolute atomic E-state index is 12.0. The summed E-state index contributed by atoms with van der Waals surface area (Å²) < 4.78 is 5.45. The fourth-order valence-corrected chi connectivity index (χ4v) is 3.35. The summed E-state index contributed by atoms with van der Waals surface area (Å²) in [5.74, 6) is 0. The van der Waals surface area contributed by atoms with Crippen LogP contribution in [0.4, 0.5) is 4.79 Å². The Bertz CT molecular complexity index is 328. The second-order valence-corrected chi connectivity index (χ2v) is 7.28. The van der Waals surface area contributed by atoms with Crippen LogP contribution in [0.3, 0.4) is 0 Å². The highest BCUT2D eigenvalue weighted by Crippen LogP contribution is 2.41. The van der Waals surface area contributed by atoms with Gasteiger partial charge >= 0.3 is 6.09 Å². The van der Waals surface area contributed by atoms with E-state index in [2.05, 4.69) is 12.2 Å². The predicted octanol–water partition coefficient (Wildman–Crippen LogP) is 2.78. The molecule has 1 amide bonds. The van der Waals surface area contributed by atoms with Crippen LogP contribution in [-0.2, 0) is 4.74 Å². The Labute approximate surface area is 116 Å². The minimum atomic E-state index is -0.393. The third kappa shape index (κ3) is 3.85. The molecular weight excluding hydrogens is 240 g/mol. The zero-order chi connectivity index (χ0) is 14.1. The fourth-order valence-electron chi connectivity index (χ4n) is 3.35. The number of nitrogens with one attached hydrogen (secondary N) is 1. The molecule has 2 aliphatic heterocycles. The average Bonchev–Trinajstić information content (AvgIpc) is 2.27. The molecule has 1 unspecified atom stereocenters. The van der Waals surface area contributed by atoms with Gasteiger partial charge in [-0.05, 0) is 65.3 Å². The third-order valence-electron chi connectivity index (χ3n) is 4.36. The lowest BCUT2D eigenvalue weighted by atomic mass is 9.70. The molecule has 1 spiro atoms. The van der Waals surface area contributed by atoms with Gasteiger partial charge in [-0.25, -0.2) is 4.79 Å². The van der Waals surface area contributed by atoms with E-state index in [9.17, 15) is 4.79 Å². The van der Waals surface area contributed by atoms with Crippen LogP contribution in [0.2, 0.25) is 0 Å². The van der Waals surface area contributed by atoms with Crippen LogP contribution in [-0.4, -0.2) is 42.3 Å². The highest BCUT2D eigenvalue weighted by Gasteiger charge is 2.39. The van der Waals surface area contributed by atoms with Gasteiger partial charge in [-0.2, -0.15) is 0 Å². The van der Waals surface area contributed by atoms with Gasteiger partial charge in [-0.3, -0.25) is 0 Å². The summed E-state index contributed by atoms with van der Waals surface area (Å²) in [6.45, 7) is 10.8. The Kier molecular flexibility index (Phi) is 4.09. The third-order valence-corrected chi connectivity index (χ3v) is 4.36. The van der Waals surface area contributed by atoms with Crippen molar-refractivity contribution in [3.63, 3.8) is 0 Å². The minimum Gasteiger partial charge on any atom is -0.444 e. The van der Waals surface area contributed by atoms with Gasteiger partial charge in [0.1, 0.15) is 5.60 Å². The number of amides is 1. The van der Waals surface area contributed by atoms with Gasteiger partial charge in [-0.1, -0.05) is 0 Å². The Morgan fingerprint density at radius 2 is 1.89 bits per heavy atom. The normalized spacial score (nSPS) is 27.4. The van der Waals surface area contributed by atoms with Gasteiger partial charge < -0.3 is 15.0 Å². The van der Waals surface area contributed by atoms with E-state index in [4.69, 9.17) is 4.74 Å². The number of nitrogens with zero attached hydrogens (tertiary/aromatic N) is 1. The fraction of sp³-hybridized carbons (Fsp3) is 0.933. The van der Waals surface area contributed by atoms with Gasteiger partial charge in [0.05, 0.1) is 0 Å². The largest absolute Gasteiger partial charge is 0.444 e. The zero-order valence-electron chi connectivity index (χ0n) is 12.8. The van der Waals surface area contributed by atoms with Crippen molar-refractivity contribution >= 4 is 6.09 Å². The van der Waals surface area contributed by atoms with E-state index in [0.717, 1.165) is 32.5 Å². The second kappa shape index (κ2) is 5.31. The first-order chi connectivity index (χ1) is 8.80. The van der Waals surface area contributed by atoms with E-state index in [1.807, 2.05) is 25.7 Å². The number of carbonyl (C=O) groups is 1. The molecule has 0 bridgehead atoms. The number of carbonyl (C=O) groups excluding carboxylic acids is 1. The van der Waals surface area contributed by atoms with E-state index in [1.165, 1.54) is 12.8 Å². The van der Waals surface area contributed by atoms with E-state index >= 15 is 0 Å². The zero-order valence-corrected chi connectivity index (χ0v) is 12.8. The lowest BCUT2D eigenvalue weighted by Crippen LogP contribution is -2.50. The topological polar surface area (TPSA) is 41.6 Å². The van der Waals surface area contributed by atoms with Crippen molar-refractivity contribution in [3.8, 4) is 0 Å². The highest BCUT2D eigenvalue weighted by atomic mass is 16.6. The van der Waals surface area contributed by atoms with E-state index in [1.54, 1.807) is 0 Å². The molecule has 1 N–H and O–H groups in total. The number of ether oxygens (including phenoxy) is 1. The van der Waals surface area contributed by atoms with Crippen molar-refractivity contribution < 1.29 is 9.53 Å². The first-order valence-corrected chi connectivity index (χ1v) is 7.51. The van der Waals surface area contributed by atoms with Crippen LogP contribution in [0.15, 0.2) is 0 Å². The molecule has 19 heavy (non-hydrogen) atoms. The van der Waals surface area contributed by atoms with E-state index in [0.29, 0.717) is 11.5 Å². The lowest BCUT2D eigenvalue weighted by Gasteiger charge is -2.46. The van der Waals surface area contributed by atoms with Crippen LogP contribution in [0.1, 0.15) is 53.4 Å². The van der Waals surface area contributed by atoms with E-state index in [-0.39, 0.29) is 6.09 Å². The van der Waals surface area contributed by atoms with Crippen LogP contribution in [0, 0.1) is 5.41 Å². The summed E-state index contributed by atoms with van der Waals surface area (Å²) in [4.78, 5) is 13.9. The highest BCUT2D eigenvalue weighted by molar-refractivity contribution is 5.68. The number of hydrogen-bond donors (Lipinski definition) is 1. The number of hydrogen-bond acceptors (Lipinski definition) is 3. The molecule has 110 valence electrons. The number of likely N-dealkylation sites (tertiary alicyclic amines) is 1. The summed E-state index contributed by atoms with van der Waals surface area (Å²) in [5.41, 5.74) is 0.0681. The summed E-state index contributed by atoms with van der Waals surface area (Å²) in [7, 11) is 0. The van der Waals surface area contributed by atoms with Crippen molar-refractivity contribution in [2.75, 3.05) is 19.6 Å². The van der Waals surface area contributed by atoms with Crippen LogP contribution >= 0.6 is 0 Å². The van der Waals surface area contributed by atoms with Crippen molar-refractivity contribution in [2.45, 2.75) is 65.0 Å². The molecule has 0 aromatic heterocycles. The summed E-state index contributed by atoms with van der Waals surface area (Å²) in [5, 5.41) is 3.51. The van der Waals surface area contributed by atoms with Crippen molar-refractivity contribution in [1.82, 2.24) is 10.2 Å². The molecule has 2 saturated heterocycles. The van der Waals surface area contributed by atoms with Gasteiger partial charge in [0.25, 0.3) is 0 Å². The van der Waals surface area contributed by atoms with Gasteiger partial charge in [0.15, 0.2) is 0 Å². The quantitative estimate of drug-likeness (QED) is 0.734. The Morgan fingerprint density at radius 1 is 1.26 bits per heavy atom. The van der Waals surface area contributed by atoms with Crippen molar-refractivity contribution in [3.05, 3.63) is 0 Å². The molecule has 0 aliphatic carbocycles. The molecular formula is C15H28N2O2. The summed E-state index contributed by atoms with van der Waals surface area (Å²) in [6.07, 6.45) is 4.59. The minimum absolute atomic E-state index is 0.149. The average molecular weight is 268 g/mol. The number of piperidine rings is 2. The Morgan fingerprint density at radius 3 is 2.42 bits per heavy atom. The number of rotatable bonds is 0. The van der Waals surface area contributed by atoms with Crippen LogP contribution in [0.25, 0.3) is 0 Å². The second-order valence-electron chi connectivity index (χ2n) is 7.28. The molecule has 0 aromatic rings. The predicted molar refractivity (Wildman–Crippen MR) is 76.2 cm³/mol. The Balaban J connectivity index is 1.87. The molecule has 4 heteroatoms. The van der Waals surface area contributed by atoms with Gasteiger partial charge in [0.2, 0.25) is 0 Å². The maximum Gasteiger partial charge on any atom is 0.410 e. The molecule has 0 radical (unpaired) electrons. The maximum atomic E-state index is 12.0. The Hall–Kier alpha value is -0.770. The summed E-state index contributed by atoms with van der Waals surface area (Å²) in [6, 6.07) is 0.613.